The standard InChI is InChI=1S/C16H14O2S2/c1-3-18-12-5-4-10(2)8-11(12)16(17)15-9-14-13(20-15)6-7-19-14/h4-9H,3H2,1-2H3. The van der Waals surface area contributed by atoms with Gasteiger partial charge in [-0.05, 0) is 43.5 Å². The Kier molecular flexibility index (Phi) is 3.59. The molecule has 0 aliphatic heterocycles. The molecule has 102 valence electrons. The first-order chi connectivity index (χ1) is 9.69. The van der Waals surface area contributed by atoms with E-state index in [1.165, 1.54) is 9.40 Å². The van der Waals surface area contributed by atoms with Gasteiger partial charge in [0.25, 0.3) is 0 Å². The van der Waals surface area contributed by atoms with Crippen LogP contribution < -0.4 is 4.74 Å². The number of rotatable bonds is 4. The van der Waals surface area contributed by atoms with E-state index in [9.17, 15) is 4.79 Å². The number of benzene rings is 1. The third-order valence-corrected chi connectivity index (χ3v) is 5.13. The number of ether oxygens (including phenoxy) is 1. The van der Waals surface area contributed by atoms with Crippen molar-refractivity contribution in [3.05, 3.63) is 51.7 Å². The quantitative estimate of drug-likeness (QED) is 0.641. The van der Waals surface area contributed by atoms with Crippen molar-refractivity contribution in [2.24, 2.45) is 0 Å². The molecule has 0 radical (unpaired) electrons. The topological polar surface area (TPSA) is 26.3 Å². The summed E-state index contributed by atoms with van der Waals surface area (Å²) in [6.07, 6.45) is 0. The lowest BCUT2D eigenvalue weighted by Crippen LogP contribution is -2.04. The van der Waals surface area contributed by atoms with Crippen LogP contribution in [0.25, 0.3) is 9.40 Å². The Bertz CT molecular complexity index is 739. The molecule has 0 bridgehead atoms. The van der Waals surface area contributed by atoms with Crippen LogP contribution in [0.1, 0.15) is 27.7 Å². The zero-order valence-electron chi connectivity index (χ0n) is 11.3. The number of carbonyl (C=O) groups is 1. The van der Waals surface area contributed by atoms with Crippen LogP contribution in [0.15, 0.2) is 35.7 Å². The highest BCUT2D eigenvalue weighted by atomic mass is 32.1. The zero-order valence-corrected chi connectivity index (χ0v) is 12.9. The van der Waals surface area contributed by atoms with E-state index in [2.05, 4.69) is 6.07 Å². The minimum atomic E-state index is 0.0468. The summed E-state index contributed by atoms with van der Waals surface area (Å²) in [5.74, 6) is 0.713. The summed E-state index contributed by atoms with van der Waals surface area (Å²) >= 11 is 3.21. The van der Waals surface area contributed by atoms with Crippen LogP contribution in [0, 0.1) is 6.92 Å². The summed E-state index contributed by atoms with van der Waals surface area (Å²) < 4.78 is 7.92. The molecule has 0 atom stereocenters. The van der Waals surface area contributed by atoms with E-state index in [0.717, 1.165) is 10.4 Å². The largest absolute Gasteiger partial charge is 0.493 e. The van der Waals surface area contributed by atoms with Gasteiger partial charge in [0.15, 0.2) is 0 Å². The molecule has 0 aliphatic carbocycles. The van der Waals surface area contributed by atoms with E-state index >= 15 is 0 Å². The van der Waals surface area contributed by atoms with Gasteiger partial charge >= 0.3 is 0 Å². The molecule has 3 aromatic rings. The van der Waals surface area contributed by atoms with Gasteiger partial charge in [-0.3, -0.25) is 4.79 Å². The molecule has 1 aromatic carbocycles. The average molecular weight is 302 g/mol. The Morgan fingerprint density at radius 3 is 2.80 bits per heavy atom. The molecule has 20 heavy (non-hydrogen) atoms. The molecule has 2 heterocycles. The van der Waals surface area contributed by atoms with Gasteiger partial charge in [-0.2, -0.15) is 0 Å². The molecule has 3 rings (SSSR count). The fourth-order valence-electron chi connectivity index (χ4n) is 2.11. The molecule has 0 aliphatic rings. The normalized spacial score (nSPS) is 10.9. The van der Waals surface area contributed by atoms with E-state index in [1.54, 1.807) is 22.7 Å². The molecule has 2 nitrogen and oxygen atoms in total. The molecular formula is C16H14O2S2. The van der Waals surface area contributed by atoms with Crippen molar-refractivity contribution in [2.45, 2.75) is 13.8 Å². The summed E-state index contributed by atoms with van der Waals surface area (Å²) in [7, 11) is 0. The summed E-state index contributed by atoms with van der Waals surface area (Å²) in [6, 6.07) is 9.78. The van der Waals surface area contributed by atoms with Gasteiger partial charge in [-0.15, -0.1) is 22.7 Å². The van der Waals surface area contributed by atoms with Crippen LogP contribution in [-0.2, 0) is 0 Å². The molecule has 0 spiro atoms. The highest BCUT2D eigenvalue weighted by Crippen LogP contribution is 2.33. The molecular weight excluding hydrogens is 288 g/mol. The Labute approximate surface area is 125 Å². The van der Waals surface area contributed by atoms with Gasteiger partial charge in [-0.1, -0.05) is 11.6 Å². The highest BCUT2D eigenvalue weighted by molar-refractivity contribution is 7.28. The minimum Gasteiger partial charge on any atom is -0.493 e. The van der Waals surface area contributed by atoms with Crippen LogP contribution in [0.3, 0.4) is 0 Å². The monoisotopic (exact) mass is 302 g/mol. The first-order valence-corrected chi connectivity index (χ1v) is 8.14. The SMILES string of the molecule is CCOc1ccc(C)cc1C(=O)c1cc2sccc2s1. The number of fused-ring (bicyclic) bond motifs is 1. The lowest BCUT2D eigenvalue weighted by Gasteiger charge is -2.09. The zero-order chi connectivity index (χ0) is 14.1. The smallest absolute Gasteiger partial charge is 0.206 e. The van der Waals surface area contributed by atoms with Crippen molar-refractivity contribution in [3.8, 4) is 5.75 Å². The number of aryl methyl sites for hydroxylation is 1. The van der Waals surface area contributed by atoms with Crippen molar-refractivity contribution in [3.63, 3.8) is 0 Å². The fourth-order valence-corrected chi connectivity index (χ4v) is 4.18. The summed E-state index contributed by atoms with van der Waals surface area (Å²) in [6.45, 7) is 4.47. The maximum atomic E-state index is 12.7. The molecule has 4 heteroatoms. The van der Waals surface area contributed by atoms with Crippen molar-refractivity contribution in [1.82, 2.24) is 0 Å². The predicted molar refractivity (Wildman–Crippen MR) is 85.5 cm³/mol. The Morgan fingerprint density at radius 1 is 1.20 bits per heavy atom. The second kappa shape index (κ2) is 5.38. The van der Waals surface area contributed by atoms with E-state index in [4.69, 9.17) is 4.74 Å². The number of hydrogen-bond acceptors (Lipinski definition) is 4. The van der Waals surface area contributed by atoms with Crippen LogP contribution in [0.4, 0.5) is 0 Å². The molecule has 0 saturated carbocycles. The lowest BCUT2D eigenvalue weighted by molar-refractivity contribution is 0.103. The van der Waals surface area contributed by atoms with Gasteiger partial charge in [-0.25, -0.2) is 0 Å². The Hall–Kier alpha value is -1.65. The van der Waals surface area contributed by atoms with Crippen molar-refractivity contribution >= 4 is 37.9 Å². The van der Waals surface area contributed by atoms with Gasteiger partial charge < -0.3 is 4.74 Å². The maximum Gasteiger partial charge on any atom is 0.206 e. The molecule has 0 saturated heterocycles. The Morgan fingerprint density at radius 2 is 2.05 bits per heavy atom. The van der Waals surface area contributed by atoms with E-state index in [-0.39, 0.29) is 5.78 Å². The van der Waals surface area contributed by atoms with Crippen LogP contribution in [-0.4, -0.2) is 12.4 Å². The van der Waals surface area contributed by atoms with Gasteiger partial charge in [0.2, 0.25) is 5.78 Å². The van der Waals surface area contributed by atoms with E-state index in [0.29, 0.717) is 17.9 Å². The second-order valence-corrected chi connectivity index (χ2v) is 6.55. The molecule has 0 N–H and O–H groups in total. The average Bonchev–Trinajstić information content (AvgIpc) is 3.01. The first-order valence-electron chi connectivity index (χ1n) is 6.44. The Balaban J connectivity index is 2.05. The third-order valence-electron chi connectivity index (χ3n) is 3.04. The molecule has 0 fully saturated rings. The van der Waals surface area contributed by atoms with Gasteiger partial charge in [0.05, 0.1) is 17.0 Å². The summed E-state index contributed by atoms with van der Waals surface area (Å²) in [5.41, 5.74) is 1.72. The molecule has 0 amide bonds. The fraction of sp³-hybridized carbons (Fsp3) is 0.188. The van der Waals surface area contributed by atoms with Crippen LogP contribution in [0.2, 0.25) is 0 Å². The number of ketones is 1. The van der Waals surface area contributed by atoms with Gasteiger partial charge in [0, 0.05) is 9.40 Å². The summed E-state index contributed by atoms with van der Waals surface area (Å²) in [4.78, 5) is 13.5. The lowest BCUT2D eigenvalue weighted by atomic mass is 10.1. The van der Waals surface area contributed by atoms with Crippen LogP contribution >= 0.6 is 22.7 Å². The van der Waals surface area contributed by atoms with Crippen LogP contribution in [0.5, 0.6) is 5.75 Å². The van der Waals surface area contributed by atoms with Crippen molar-refractivity contribution < 1.29 is 9.53 Å². The predicted octanol–water partition coefficient (Wildman–Crippen LogP) is 4.90. The van der Waals surface area contributed by atoms with E-state index < -0.39 is 0 Å². The minimum absolute atomic E-state index is 0.0468. The number of hydrogen-bond donors (Lipinski definition) is 0. The second-order valence-electron chi connectivity index (χ2n) is 4.52. The molecule has 0 unspecified atom stereocenters. The molecule has 2 aromatic heterocycles. The van der Waals surface area contributed by atoms with Crippen molar-refractivity contribution in [1.29, 1.82) is 0 Å². The van der Waals surface area contributed by atoms with Crippen molar-refractivity contribution in [2.75, 3.05) is 6.61 Å². The number of carbonyl (C=O) groups excluding carboxylic acids is 1. The van der Waals surface area contributed by atoms with Gasteiger partial charge in [0.1, 0.15) is 5.75 Å². The maximum absolute atomic E-state index is 12.7. The van der Waals surface area contributed by atoms with E-state index in [1.807, 2.05) is 43.5 Å². The highest BCUT2D eigenvalue weighted by Gasteiger charge is 2.17. The third kappa shape index (κ3) is 2.37. The first kappa shape index (κ1) is 13.3. The summed E-state index contributed by atoms with van der Waals surface area (Å²) in [5, 5.41) is 2.05. The number of thiophene rings is 2.